The molecule has 1 saturated heterocycles. The molecule has 1 aromatic rings. The smallest absolute Gasteiger partial charge is 0.213 e. The summed E-state index contributed by atoms with van der Waals surface area (Å²) in [6.07, 6.45) is 0.918. The molecule has 14 heavy (non-hydrogen) atoms. The lowest BCUT2D eigenvalue weighted by molar-refractivity contribution is -0.0721. The van der Waals surface area contributed by atoms with Crippen LogP contribution in [0.5, 0.6) is 0 Å². The van der Waals surface area contributed by atoms with Crippen LogP contribution in [0.3, 0.4) is 0 Å². The van der Waals surface area contributed by atoms with Gasteiger partial charge in [0.2, 0.25) is 5.78 Å². The molecule has 6 nitrogen and oxygen atoms in total. The Labute approximate surface area is 80.8 Å². The van der Waals surface area contributed by atoms with Gasteiger partial charge in [-0.05, 0) is 0 Å². The highest BCUT2D eigenvalue weighted by molar-refractivity contribution is 5.97. The highest BCUT2D eigenvalue weighted by atomic mass is 16.6. The monoisotopic (exact) mass is 197 g/mol. The second kappa shape index (κ2) is 3.85. The fourth-order valence-electron chi connectivity index (χ4n) is 1.32. The Bertz CT molecular complexity index is 330. The second-order valence-corrected chi connectivity index (χ2v) is 3.04. The first-order valence-electron chi connectivity index (χ1n) is 4.37. The molecule has 1 aliphatic rings. The van der Waals surface area contributed by atoms with Crippen LogP contribution in [-0.2, 0) is 16.5 Å². The fourth-order valence-corrected chi connectivity index (χ4v) is 1.32. The molecule has 6 heteroatoms. The first-order valence-corrected chi connectivity index (χ1v) is 4.37. The Balaban J connectivity index is 2.11. The first-order chi connectivity index (χ1) is 6.79. The molecule has 2 rings (SSSR count). The van der Waals surface area contributed by atoms with Crippen molar-refractivity contribution in [3.8, 4) is 0 Å². The lowest BCUT2D eigenvalue weighted by Gasteiger charge is -2.21. The minimum atomic E-state index is -0.513. The highest BCUT2D eigenvalue weighted by Gasteiger charge is 2.26. The van der Waals surface area contributed by atoms with E-state index in [0.29, 0.717) is 25.5 Å². The summed E-state index contributed by atoms with van der Waals surface area (Å²) in [5.74, 6) is -0.128. The van der Waals surface area contributed by atoms with Gasteiger partial charge in [0.25, 0.3) is 0 Å². The van der Waals surface area contributed by atoms with Crippen LogP contribution in [0.2, 0.25) is 0 Å². The molecule has 1 fully saturated rings. The van der Waals surface area contributed by atoms with Crippen molar-refractivity contribution in [3.05, 3.63) is 11.9 Å². The van der Waals surface area contributed by atoms with Crippen LogP contribution in [0.25, 0.3) is 0 Å². The predicted molar refractivity (Wildman–Crippen MR) is 45.9 cm³/mol. The molecule has 0 saturated carbocycles. The van der Waals surface area contributed by atoms with Gasteiger partial charge in [-0.2, -0.15) is 0 Å². The van der Waals surface area contributed by atoms with E-state index in [-0.39, 0.29) is 5.78 Å². The van der Waals surface area contributed by atoms with Crippen molar-refractivity contribution in [1.82, 2.24) is 15.0 Å². The standard InChI is InChI=1S/C8H11N3O3/c1-11-6(4-9-10-11)8(12)7-5-13-2-3-14-7/h4,7H,2-3,5H2,1H3. The molecular formula is C8H11N3O3. The predicted octanol–water partition coefficient (Wildman–Crippen LogP) is -0.587. The molecule has 76 valence electrons. The number of carbonyl (C=O) groups excluding carboxylic acids is 1. The van der Waals surface area contributed by atoms with Gasteiger partial charge in [0.1, 0.15) is 11.8 Å². The quantitative estimate of drug-likeness (QED) is 0.593. The molecular weight excluding hydrogens is 186 g/mol. The SMILES string of the molecule is Cn1nncc1C(=O)C1COCCO1. The molecule has 1 atom stereocenters. The van der Waals surface area contributed by atoms with Crippen LogP contribution < -0.4 is 0 Å². The average molecular weight is 197 g/mol. The van der Waals surface area contributed by atoms with Gasteiger partial charge in [0.15, 0.2) is 0 Å². The molecule has 0 amide bonds. The van der Waals surface area contributed by atoms with E-state index in [1.165, 1.54) is 10.9 Å². The van der Waals surface area contributed by atoms with Gasteiger partial charge in [-0.3, -0.25) is 4.79 Å². The summed E-state index contributed by atoms with van der Waals surface area (Å²) in [5, 5.41) is 7.32. The van der Waals surface area contributed by atoms with Crippen LogP contribution in [0.4, 0.5) is 0 Å². The van der Waals surface area contributed by atoms with Crippen molar-refractivity contribution in [2.24, 2.45) is 7.05 Å². The van der Waals surface area contributed by atoms with Crippen molar-refractivity contribution in [1.29, 1.82) is 0 Å². The summed E-state index contributed by atoms with van der Waals surface area (Å²) < 4.78 is 11.9. The Morgan fingerprint density at radius 1 is 1.64 bits per heavy atom. The van der Waals surface area contributed by atoms with E-state index >= 15 is 0 Å². The maximum Gasteiger partial charge on any atom is 0.213 e. The Morgan fingerprint density at radius 3 is 3.07 bits per heavy atom. The number of rotatable bonds is 2. The van der Waals surface area contributed by atoms with Crippen molar-refractivity contribution in [2.75, 3.05) is 19.8 Å². The number of aromatic nitrogens is 3. The fraction of sp³-hybridized carbons (Fsp3) is 0.625. The van der Waals surface area contributed by atoms with Gasteiger partial charge in [0.05, 0.1) is 26.0 Å². The molecule has 0 spiro atoms. The highest BCUT2D eigenvalue weighted by Crippen LogP contribution is 2.07. The number of carbonyl (C=O) groups is 1. The van der Waals surface area contributed by atoms with Gasteiger partial charge in [-0.15, -0.1) is 5.10 Å². The maximum absolute atomic E-state index is 11.8. The lowest BCUT2D eigenvalue weighted by atomic mass is 10.2. The molecule has 0 radical (unpaired) electrons. The summed E-state index contributed by atoms with van der Waals surface area (Å²) in [7, 11) is 1.67. The number of nitrogens with zero attached hydrogens (tertiary/aromatic N) is 3. The first kappa shape index (κ1) is 9.29. The largest absolute Gasteiger partial charge is 0.376 e. The Kier molecular flexibility index (Phi) is 2.55. The summed E-state index contributed by atoms with van der Waals surface area (Å²) in [6.45, 7) is 1.32. The van der Waals surface area contributed by atoms with E-state index in [4.69, 9.17) is 9.47 Å². The lowest BCUT2D eigenvalue weighted by Crippen LogP contribution is -2.36. The minimum absolute atomic E-state index is 0.128. The van der Waals surface area contributed by atoms with Gasteiger partial charge in [-0.1, -0.05) is 5.21 Å². The normalized spacial score (nSPS) is 22.2. The van der Waals surface area contributed by atoms with E-state index in [1.54, 1.807) is 7.05 Å². The number of aryl methyl sites for hydroxylation is 1. The van der Waals surface area contributed by atoms with Crippen molar-refractivity contribution >= 4 is 5.78 Å². The zero-order valence-corrected chi connectivity index (χ0v) is 7.84. The van der Waals surface area contributed by atoms with Crippen LogP contribution in [0.15, 0.2) is 6.20 Å². The number of Topliss-reactive ketones (excluding diaryl/α,β-unsaturated/α-hetero) is 1. The zero-order chi connectivity index (χ0) is 9.97. The van der Waals surface area contributed by atoms with Crippen molar-refractivity contribution in [2.45, 2.75) is 6.10 Å². The molecule has 0 aliphatic carbocycles. The molecule has 1 unspecified atom stereocenters. The number of ether oxygens (including phenoxy) is 2. The minimum Gasteiger partial charge on any atom is -0.376 e. The number of hydrogen-bond acceptors (Lipinski definition) is 5. The average Bonchev–Trinajstić information content (AvgIpc) is 2.65. The van der Waals surface area contributed by atoms with Crippen LogP contribution in [0, 0.1) is 0 Å². The molecule has 1 aliphatic heterocycles. The van der Waals surface area contributed by atoms with Gasteiger partial charge in [-0.25, -0.2) is 4.68 Å². The van der Waals surface area contributed by atoms with Crippen molar-refractivity contribution in [3.63, 3.8) is 0 Å². The molecule has 0 aromatic carbocycles. The van der Waals surface area contributed by atoms with Crippen LogP contribution >= 0.6 is 0 Å². The van der Waals surface area contributed by atoms with E-state index in [1.807, 2.05) is 0 Å². The van der Waals surface area contributed by atoms with Gasteiger partial charge < -0.3 is 9.47 Å². The van der Waals surface area contributed by atoms with E-state index in [9.17, 15) is 4.79 Å². The third-order valence-electron chi connectivity index (χ3n) is 2.08. The maximum atomic E-state index is 11.8. The molecule has 1 aromatic heterocycles. The third kappa shape index (κ3) is 1.66. The summed E-state index contributed by atoms with van der Waals surface area (Å²) in [5.41, 5.74) is 0.445. The number of ketones is 1. The van der Waals surface area contributed by atoms with E-state index in [0.717, 1.165) is 0 Å². The molecule has 2 heterocycles. The summed E-state index contributed by atoms with van der Waals surface area (Å²) in [6, 6.07) is 0. The molecule has 0 N–H and O–H groups in total. The van der Waals surface area contributed by atoms with Crippen molar-refractivity contribution < 1.29 is 14.3 Å². The molecule has 0 bridgehead atoms. The van der Waals surface area contributed by atoms with E-state index in [2.05, 4.69) is 10.3 Å². The Hall–Kier alpha value is -1.27. The van der Waals surface area contributed by atoms with Gasteiger partial charge in [0, 0.05) is 7.05 Å². The summed E-state index contributed by atoms with van der Waals surface area (Å²) in [4.78, 5) is 11.8. The zero-order valence-electron chi connectivity index (χ0n) is 7.84. The van der Waals surface area contributed by atoms with E-state index < -0.39 is 6.10 Å². The van der Waals surface area contributed by atoms with Gasteiger partial charge >= 0.3 is 0 Å². The van der Waals surface area contributed by atoms with Crippen LogP contribution in [0.1, 0.15) is 10.5 Å². The second-order valence-electron chi connectivity index (χ2n) is 3.04. The van der Waals surface area contributed by atoms with Crippen LogP contribution in [-0.4, -0.2) is 46.7 Å². The summed E-state index contributed by atoms with van der Waals surface area (Å²) >= 11 is 0. The topological polar surface area (TPSA) is 66.2 Å². The third-order valence-corrected chi connectivity index (χ3v) is 2.08. The number of hydrogen-bond donors (Lipinski definition) is 0. The Morgan fingerprint density at radius 2 is 2.50 bits per heavy atom.